The van der Waals surface area contributed by atoms with Crippen LogP contribution in [0.15, 0.2) is 29.2 Å². The molecule has 2 heterocycles. The molecule has 0 bridgehead atoms. The van der Waals surface area contributed by atoms with E-state index < -0.39 is 18.1 Å². The highest BCUT2D eigenvalue weighted by atomic mass is 16.3. The van der Waals surface area contributed by atoms with Gasteiger partial charge in [-0.1, -0.05) is 6.07 Å². The molecule has 0 aromatic carbocycles. The molecule has 0 radical (unpaired) electrons. The first-order valence-corrected chi connectivity index (χ1v) is 9.62. The van der Waals surface area contributed by atoms with Gasteiger partial charge in [-0.3, -0.25) is 24.0 Å². The van der Waals surface area contributed by atoms with Crippen molar-refractivity contribution >= 4 is 24.2 Å². The summed E-state index contributed by atoms with van der Waals surface area (Å²) in [6.07, 6.45) is 1.53. The maximum Gasteiger partial charge on any atom is 0.290 e. The first-order chi connectivity index (χ1) is 14.3. The number of aryl methyl sites for hydroxylation is 1. The van der Waals surface area contributed by atoms with Gasteiger partial charge in [0.1, 0.15) is 0 Å². The number of carbonyl (C=O) groups excluding carboxylic acids is 3. The van der Waals surface area contributed by atoms with Gasteiger partial charge in [-0.25, -0.2) is 0 Å². The van der Waals surface area contributed by atoms with Crippen molar-refractivity contribution in [3.8, 4) is 0 Å². The van der Waals surface area contributed by atoms with E-state index in [1.807, 2.05) is 0 Å². The first kappa shape index (κ1) is 23.1. The summed E-state index contributed by atoms with van der Waals surface area (Å²) in [5.41, 5.74) is -0.178. The first-order valence-electron chi connectivity index (χ1n) is 9.62. The summed E-state index contributed by atoms with van der Waals surface area (Å²) in [4.78, 5) is 57.7. The quantitative estimate of drug-likeness (QED) is 0.406. The summed E-state index contributed by atoms with van der Waals surface area (Å²) in [6.45, 7) is 0.923. The Morgan fingerprint density at radius 3 is 2.67 bits per heavy atom. The van der Waals surface area contributed by atoms with Crippen molar-refractivity contribution in [1.29, 1.82) is 0 Å². The number of piperazine rings is 1. The van der Waals surface area contributed by atoms with Crippen LogP contribution in [0.3, 0.4) is 0 Å². The predicted octanol–water partition coefficient (Wildman–Crippen LogP) is -1.85. The number of rotatable bonds is 5. The molecule has 1 aliphatic heterocycles. The third-order valence-electron chi connectivity index (χ3n) is 5.05. The van der Waals surface area contributed by atoms with Gasteiger partial charge in [0.15, 0.2) is 0 Å². The Morgan fingerprint density at radius 2 is 2.00 bits per heavy atom. The molecule has 1 saturated carbocycles. The summed E-state index contributed by atoms with van der Waals surface area (Å²) in [5, 5.41) is 22.5. The molecule has 3 rings (SSSR count). The highest BCUT2D eigenvalue weighted by molar-refractivity contribution is 5.87. The number of aliphatic hydroxyl groups excluding tert-OH is 1. The normalized spacial score (nSPS) is 23.0. The van der Waals surface area contributed by atoms with Crippen molar-refractivity contribution < 1.29 is 29.4 Å². The second kappa shape index (κ2) is 11.1. The summed E-state index contributed by atoms with van der Waals surface area (Å²) < 4.78 is 1.44. The molecule has 1 aromatic rings. The van der Waals surface area contributed by atoms with E-state index in [1.165, 1.54) is 15.5 Å². The molecular weight excluding hydrogens is 396 g/mol. The molecule has 3 amide bonds. The minimum absolute atomic E-state index is 0.0360. The summed E-state index contributed by atoms with van der Waals surface area (Å²) in [7, 11) is 0. The lowest BCUT2D eigenvalue weighted by Gasteiger charge is -2.29. The van der Waals surface area contributed by atoms with E-state index in [0.29, 0.717) is 19.5 Å². The van der Waals surface area contributed by atoms with E-state index >= 15 is 0 Å². The Balaban J connectivity index is 0.00000101. The van der Waals surface area contributed by atoms with Crippen LogP contribution in [-0.4, -0.2) is 75.7 Å². The Kier molecular flexibility index (Phi) is 8.54. The van der Waals surface area contributed by atoms with Crippen molar-refractivity contribution in [3.05, 3.63) is 34.7 Å². The molecule has 0 unspecified atom stereocenters. The van der Waals surface area contributed by atoms with Crippen LogP contribution in [0, 0.1) is 5.92 Å². The highest BCUT2D eigenvalue weighted by Crippen LogP contribution is 2.28. The summed E-state index contributed by atoms with van der Waals surface area (Å²) in [6, 6.07) is 4.28. The average Bonchev–Trinajstić information content (AvgIpc) is 3.07. The van der Waals surface area contributed by atoms with Crippen molar-refractivity contribution in [2.75, 3.05) is 19.6 Å². The molecular formula is C19H26N4O7. The van der Waals surface area contributed by atoms with Gasteiger partial charge in [0, 0.05) is 44.2 Å². The molecule has 11 heteroatoms. The predicted molar refractivity (Wildman–Crippen MR) is 104 cm³/mol. The zero-order valence-electron chi connectivity index (χ0n) is 16.4. The molecule has 11 nitrogen and oxygen atoms in total. The Hall–Kier alpha value is -3.21. The van der Waals surface area contributed by atoms with Crippen LogP contribution in [0.4, 0.5) is 0 Å². The van der Waals surface area contributed by atoms with Crippen molar-refractivity contribution in [1.82, 2.24) is 20.1 Å². The SMILES string of the molecule is O=C1CN(C(=O)[C@@H]2C[C@@H](O)[C@H](NC(=O)CCn3ccccc3=O)C2)CCN1.O=CO. The van der Waals surface area contributed by atoms with E-state index in [-0.39, 0.29) is 55.7 Å². The second-order valence-electron chi connectivity index (χ2n) is 7.11. The number of carbonyl (C=O) groups is 4. The van der Waals surface area contributed by atoms with Crippen LogP contribution < -0.4 is 16.2 Å². The number of pyridine rings is 1. The summed E-state index contributed by atoms with van der Waals surface area (Å²) >= 11 is 0. The number of nitrogens with zero attached hydrogens (tertiary/aromatic N) is 2. The smallest absolute Gasteiger partial charge is 0.290 e. The number of aliphatic hydroxyl groups is 1. The molecule has 1 aromatic heterocycles. The van der Waals surface area contributed by atoms with E-state index in [0.717, 1.165) is 0 Å². The van der Waals surface area contributed by atoms with Crippen LogP contribution >= 0.6 is 0 Å². The van der Waals surface area contributed by atoms with E-state index in [1.54, 1.807) is 18.3 Å². The molecule has 4 N–H and O–H groups in total. The highest BCUT2D eigenvalue weighted by Gasteiger charge is 2.40. The van der Waals surface area contributed by atoms with Gasteiger partial charge in [-0.05, 0) is 18.9 Å². The number of amides is 3. The third-order valence-corrected chi connectivity index (χ3v) is 5.05. The van der Waals surface area contributed by atoms with Crippen LogP contribution in [0.1, 0.15) is 19.3 Å². The molecule has 2 fully saturated rings. The molecule has 30 heavy (non-hydrogen) atoms. The molecule has 164 valence electrons. The Labute approximate surface area is 172 Å². The van der Waals surface area contributed by atoms with Gasteiger partial charge in [-0.15, -0.1) is 0 Å². The second-order valence-corrected chi connectivity index (χ2v) is 7.11. The molecule has 0 spiro atoms. The Morgan fingerprint density at radius 1 is 1.27 bits per heavy atom. The van der Waals surface area contributed by atoms with Gasteiger partial charge in [0.2, 0.25) is 17.7 Å². The van der Waals surface area contributed by atoms with Gasteiger partial charge in [0.25, 0.3) is 12.0 Å². The largest absolute Gasteiger partial charge is 0.483 e. The fourth-order valence-electron chi connectivity index (χ4n) is 3.60. The van der Waals surface area contributed by atoms with Crippen LogP contribution in [0.5, 0.6) is 0 Å². The van der Waals surface area contributed by atoms with Crippen LogP contribution in [0.2, 0.25) is 0 Å². The third kappa shape index (κ3) is 6.41. The van der Waals surface area contributed by atoms with Crippen molar-refractivity contribution in [3.63, 3.8) is 0 Å². The topological polar surface area (TPSA) is 158 Å². The minimum atomic E-state index is -0.805. The minimum Gasteiger partial charge on any atom is -0.483 e. The van der Waals surface area contributed by atoms with Crippen molar-refractivity contribution in [2.24, 2.45) is 5.92 Å². The number of hydrogen-bond acceptors (Lipinski definition) is 6. The van der Waals surface area contributed by atoms with E-state index in [4.69, 9.17) is 9.90 Å². The van der Waals surface area contributed by atoms with E-state index in [9.17, 15) is 24.3 Å². The van der Waals surface area contributed by atoms with Gasteiger partial charge in [-0.2, -0.15) is 0 Å². The number of aromatic nitrogens is 1. The zero-order valence-corrected chi connectivity index (χ0v) is 16.4. The van der Waals surface area contributed by atoms with Crippen LogP contribution in [0.25, 0.3) is 0 Å². The Bertz CT molecular complexity index is 825. The number of hydrogen-bond donors (Lipinski definition) is 4. The average molecular weight is 422 g/mol. The lowest BCUT2D eigenvalue weighted by atomic mass is 10.1. The lowest BCUT2D eigenvalue weighted by Crippen LogP contribution is -2.51. The standard InChI is InChI=1S/C18H24N4O5.CH2O2/c23-14-10-12(18(27)22-8-5-19-16(25)11-22)9-13(14)20-15(24)4-7-21-6-2-1-3-17(21)26;2-1-3/h1-3,6,12-14,23H,4-5,7-11H2,(H,19,25)(H,20,24);1H,(H,2,3)/t12-,13+,14+;/m0./s1. The molecule has 1 aliphatic carbocycles. The number of carboxylic acid groups (broad SMARTS) is 1. The lowest BCUT2D eigenvalue weighted by molar-refractivity contribution is -0.141. The van der Waals surface area contributed by atoms with Gasteiger partial charge in [0.05, 0.1) is 18.7 Å². The fourth-order valence-corrected chi connectivity index (χ4v) is 3.60. The van der Waals surface area contributed by atoms with Crippen LogP contribution in [-0.2, 0) is 25.7 Å². The maximum atomic E-state index is 12.6. The molecule has 1 saturated heterocycles. The number of nitrogens with one attached hydrogen (secondary N) is 2. The fraction of sp³-hybridized carbons (Fsp3) is 0.526. The summed E-state index contributed by atoms with van der Waals surface area (Å²) in [5.74, 6) is -1.03. The molecule has 2 aliphatic rings. The van der Waals surface area contributed by atoms with Gasteiger partial charge >= 0.3 is 0 Å². The van der Waals surface area contributed by atoms with Gasteiger partial charge < -0.3 is 30.3 Å². The zero-order chi connectivity index (χ0) is 22.1. The van der Waals surface area contributed by atoms with Crippen molar-refractivity contribution in [2.45, 2.75) is 38.0 Å². The monoisotopic (exact) mass is 422 g/mol. The maximum absolute atomic E-state index is 12.6. The van der Waals surface area contributed by atoms with E-state index in [2.05, 4.69) is 10.6 Å². The molecule has 3 atom stereocenters.